The highest BCUT2D eigenvalue weighted by Crippen LogP contribution is 2.51. The number of rotatable bonds is 7. The van der Waals surface area contributed by atoms with Crippen molar-refractivity contribution in [3.63, 3.8) is 0 Å². The quantitative estimate of drug-likeness (QED) is 0.637. The lowest BCUT2D eigenvalue weighted by Gasteiger charge is -2.17. The molecular weight excluding hydrogens is 224 g/mol. The molecule has 0 saturated heterocycles. The highest BCUT2D eigenvalue weighted by atomic mass is 31.2. The molecule has 0 fully saturated rings. The zero-order valence-electron chi connectivity index (χ0n) is 7.78. The molecule has 0 aliphatic heterocycles. The van der Waals surface area contributed by atoms with E-state index < -0.39 is 20.6 Å². The normalized spacial score (nSPS) is 14.7. The van der Waals surface area contributed by atoms with Gasteiger partial charge in [0.2, 0.25) is 0 Å². The van der Waals surface area contributed by atoms with E-state index in [0.29, 0.717) is 0 Å². The molecule has 14 heavy (non-hydrogen) atoms. The molecule has 0 aromatic carbocycles. The molecule has 0 aromatic heterocycles. The van der Waals surface area contributed by atoms with Gasteiger partial charge in [-0.2, -0.15) is 0 Å². The van der Waals surface area contributed by atoms with E-state index in [4.69, 9.17) is 0 Å². The minimum absolute atomic E-state index is 0.0900. The molecule has 0 aromatic rings. The summed E-state index contributed by atoms with van der Waals surface area (Å²) in [7, 11) is -4.18. The molecule has 8 heteroatoms. The van der Waals surface area contributed by atoms with Gasteiger partial charge in [0.25, 0.3) is 12.8 Å². The molecule has 0 heterocycles. The monoisotopic (exact) mass is 236 g/mol. The van der Waals surface area contributed by atoms with Gasteiger partial charge in [-0.25, -0.2) is 22.3 Å². The van der Waals surface area contributed by atoms with Crippen LogP contribution in [0.2, 0.25) is 0 Å². The summed E-state index contributed by atoms with van der Waals surface area (Å²) < 4.78 is 59.8. The van der Waals surface area contributed by atoms with Crippen LogP contribution in [0.25, 0.3) is 0 Å². The number of hydrogen-bond donors (Lipinski definition) is 0. The first-order chi connectivity index (χ1) is 6.45. The van der Waals surface area contributed by atoms with Gasteiger partial charge in [0, 0.05) is 0 Å². The SMILES string of the molecule is CCOP(=O)(OCC)OC(F)C(F)F. The Hall–Kier alpha value is -0.100. The lowest BCUT2D eigenvalue weighted by atomic mass is 10.7. The molecule has 0 bridgehead atoms. The van der Waals surface area contributed by atoms with Crippen molar-refractivity contribution >= 4 is 7.82 Å². The van der Waals surface area contributed by atoms with Crippen LogP contribution in [0.15, 0.2) is 0 Å². The molecule has 0 aliphatic carbocycles. The molecule has 1 atom stereocenters. The number of phosphoric ester groups is 1. The summed E-state index contributed by atoms with van der Waals surface area (Å²) in [6, 6.07) is 0. The van der Waals surface area contributed by atoms with Gasteiger partial charge in [0.05, 0.1) is 13.2 Å². The maximum Gasteiger partial charge on any atom is 0.477 e. The molecule has 86 valence electrons. The molecule has 0 saturated carbocycles. The number of alkyl halides is 3. The minimum atomic E-state index is -4.18. The lowest BCUT2D eigenvalue weighted by molar-refractivity contribution is -0.0856. The van der Waals surface area contributed by atoms with Crippen molar-refractivity contribution < 1.29 is 31.3 Å². The third-order valence-electron chi connectivity index (χ3n) is 1.00. The first-order valence-corrected chi connectivity index (χ1v) is 5.41. The fourth-order valence-electron chi connectivity index (χ4n) is 0.584. The van der Waals surface area contributed by atoms with Gasteiger partial charge in [-0.1, -0.05) is 0 Å². The standard InChI is InChI=1S/C6H12F3O4P/c1-3-11-14(10,12-4-2)13-6(9)5(7)8/h5-6H,3-4H2,1-2H3. The summed E-state index contributed by atoms with van der Waals surface area (Å²) in [5, 5.41) is 0. The Balaban J connectivity index is 4.28. The van der Waals surface area contributed by atoms with Crippen LogP contribution in [-0.2, 0) is 18.1 Å². The third-order valence-corrected chi connectivity index (χ3v) is 2.61. The highest BCUT2D eigenvalue weighted by Gasteiger charge is 2.34. The van der Waals surface area contributed by atoms with E-state index in [-0.39, 0.29) is 13.2 Å². The van der Waals surface area contributed by atoms with E-state index in [1.807, 2.05) is 0 Å². The number of hydrogen-bond acceptors (Lipinski definition) is 4. The highest BCUT2D eigenvalue weighted by molar-refractivity contribution is 7.48. The first-order valence-electron chi connectivity index (χ1n) is 3.95. The van der Waals surface area contributed by atoms with Crippen LogP contribution >= 0.6 is 7.82 Å². The predicted molar refractivity (Wildman–Crippen MR) is 42.8 cm³/mol. The third kappa shape index (κ3) is 4.95. The summed E-state index contributed by atoms with van der Waals surface area (Å²) in [5.41, 5.74) is 0. The Morgan fingerprint density at radius 2 is 1.57 bits per heavy atom. The average molecular weight is 236 g/mol. The topological polar surface area (TPSA) is 44.8 Å². The summed E-state index contributed by atoms with van der Waals surface area (Å²) in [6.07, 6.45) is -6.36. The molecule has 0 aliphatic rings. The van der Waals surface area contributed by atoms with Gasteiger partial charge in [-0.15, -0.1) is 0 Å². The predicted octanol–water partition coefficient (Wildman–Crippen LogP) is 2.74. The van der Waals surface area contributed by atoms with Crippen LogP contribution in [0.4, 0.5) is 13.2 Å². The molecule has 0 amide bonds. The van der Waals surface area contributed by atoms with Crippen molar-refractivity contribution in [1.29, 1.82) is 0 Å². The second-order valence-corrected chi connectivity index (χ2v) is 3.70. The van der Waals surface area contributed by atoms with Crippen molar-refractivity contribution in [2.45, 2.75) is 26.6 Å². The van der Waals surface area contributed by atoms with Crippen molar-refractivity contribution in [2.75, 3.05) is 13.2 Å². The molecular formula is C6H12F3O4P. The smallest absolute Gasteiger partial charge is 0.287 e. The van der Waals surface area contributed by atoms with Crippen molar-refractivity contribution in [2.24, 2.45) is 0 Å². The molecule has 0 radical (unpaired) electrons. The summed E-state index contributed by atoms with van der Waals surface area (Å²) in [5.74, 6) is 0. The Morgan fingerprint density at radius 3 is 1.86 bits per heavy atom. The minimum Gasteiger partial charge on any atom is -0.287 e. The van der Waals surface area contributed by atoms with Crippen molar-refractivity contribution in [3.8, 4) is 0 Å². The van der Waals surface area contributed by atoms with Crippen LogP contribution in [0.3, 0.4) is 0 Å². The Morgan fingerprint density at radius 1 is 1.14 bits per heavy atom. The summed E-state index contributed by atoms with van der Waals surface area (Å²) in [6.45, 7) is 2.72. The second-order valence-electron chi connectivity index (χ2n) is 2.07. The summed E-state index contributed by atoms with van der Waals surface area (Å²) >= 11 is 0. The average Bonchev–Trinajstić information content (AvgIpc) is 2.04. The van der Waals surface area contributed by atoms with Crippen LogP contribution in [-0.4, -0.2) is 26.0 Å². The first kappa shape index (κ1) is 13.9. The van der Waals surface area contributed by atoms with Gasteiger partial charge in [0.15, 0.2) is 0 Å². The fourth-order valence-corrected chi connectivity index (χ4v) is 1.75. The van der Waals surface area contributed by atoms with Gasteiger partial charge in [-0.3, -0.25) is 9.05 Å². The van der Waals surface area contributed by atoms with Crippen LogP contribution < -0.4 is 0 Å². The summed E-state index contributed by atoms with van der Waals surface area (Å²) in [4.78, 5) is 0. The second kappa shape index (κ2) is 6.40. The number of halogens is 3. The van der Waals surface area contributed by atoms with Gasteiger partial charge in [0.1, 0.15) is 0 Å². The van der Waals surface area contributed by atoms with E-state index in [9.17, 15) is 17.7 Å². The molecule has 0 spiro atoms. The van der Waals surface area contributed by atoms with E-state index in [2.05, 4.69) is 13.6 Å². The molecule has 0 N–H and O–H groups in total. The van der Waals surface area contributed by atoms with Gasteiger partial charge >= 0.3 is 7.82 Å². The van der Waals surface area contributed by atoms with Crippen LogP contribution in [0, 0.1) is 0 Å². The van der Waals surface area contributed by atoms with Gasteiger partial charge in [-0.05, 0) is 13.8 Å². The zero-order valence-corrected chi connectivity index (χ0v) is 8.68. The zero-order chi connectivity index (χ0) is 11.2. The fraction of sp³-hybridized carbons (Fsp3) is 1.00. The lowest BCUT2D eigenvalue weighted by Crippen LogP contribution is -2.16. The van der Waals surface area contributed by atoms with E-state index in [0.717, 1.165) is 0 Å². The van der Waals surface area contributed by atoms with Crippen LogP contribution in [0.1, 0.15) is 13.8 Å². The number of phosphoric acid groups is 1. The van der Waals surface area contributed by atoms with Crippen molar-refractivity contribution in [1.82, 2.24) is 0 Å². The van der Waals surface area contributed by atoms with E-state index in [1.54, 1.807) is 0 Å². The van der Waals surface area contributed by atoms with Crippen LogP contribution in [0.5, 0.6) is 0 Å². The van der Waals surface area contributed by atoms with Gasteiger partial charge < -0.3 is 0 Å². The largest absolute Gasteiger partial charge is 0.477 e. The maximum atomic E-state index is 12.4. The van der Waals surface area contributed by atoms with Crippen molar-refractivity contribution in [3.05, 3.63) is 0 Å². The molecule has 4 nitrogen and oxygen atoms in total. The van der Waals surface area contributed by atoms with E-state index >= 15 is 0 Å². The molecule has 0 rings (SSSR count). The Bertz CT molecular complexity index is 192. The Kier molecular flexibility index (Phi) is 6.35. The molecule has 1 unspecified atom stereocenters. The Labute approximate surface area is 80.0 Å². The van der Waals surface area contributed by atoms with E-state index in [1.165, 1.54) is 13.8 Å². The maximum absolute atomic E-state index is 12.4.